The maximum atomic E-state index is 12.0. The molecule has 0 unspecified atom stereocenters. The average Bonchev–Trinajstić information content (AvgIpc) is 2.58. The van der Waals surface area contributed by atoms with Crippen molar-refractivity contribution in [3.63, 3.8) is 0 Å². The van der Waals surface area contributed by atoms with Gasteiger partial charge in [0.25, 0.3) is 0 Å². The van der Waals surface area contributed by atoms with Crippen LogP contribution in [0.2, 0.25) is 0 Å². The highest BCUT2D eigenvalue weighted by Gasteiger charge is 2.15. The third kappa shape index (κ3) is 4.82. The van der Waals surface area contributed by atoms with Crippen molar-refractivity contribution in [1.29, 1.82) is 0 Å². The number of carbonyl (C=O) groups is 1. The van der Waals surface area contributed by atoms with Crippen molar-refractivity contribution in [2.24, 2.45) is 5.73 Å². The third-order valence-electron chi connectivity index (χ3n) is 4.03. The fourth-order valence-electron chi connectivity index (χ4n) is 2.74. The van der Waals surface area contributed by atoms with Gasteiger partial charge in [0.15, 0.2) is 9.84 Å². The van der Waals surface area contributed by atoms with Crippen LogP contribution in [0.3, 0.4) is 0 Å². The predicted molar refractivity (Wildman–Crippen MR) is 101 cm³/mol. The molecule has 0 radical (unpaired) electrons. The lowest BCUT2D eigenvalue weighted by Crippen LogP contribution is -2.36. The van der Waals surface area contributed by atoms with Gasteiger partial charge in [0.05, 0.1) is 4.90 Å². The first-order chi connectivity index (χ1) is 11.8. The highest BCUT2D eigenvalue weighted by Crippen LogP contribution is 2.29. The SMILES string of the molecule is CCCCCN(C(N)=O)c1ccc(-c2ccccc2S(C)(=O)=O)cc1. The maximum Gasteiger partial charge on any atom is 0.319 e. The Morgan fingerprint density at radius 2 is 1.68 bits per heavy atom. The largest absolute Gasteiger partial charge is 0.351 e. The average molecular weight is 360 g/mol. The summed E-state index contributed by atoms with van der Waals surface area (Å²) in [5.74, 6) is 0. The van der Waals surface area contributed by atoms with Crippen molar-refractivity contribution < 1.29 is 13.2 Å². The zero-order valence-electron chi connectivity index (χ0n) is 14.6. The zero-order chi connectivity index (χ0) is 18.4. The number of sulfone groups is 1. The van der Waals surface area contributed by atoms with E-state index in [9.17, 15) is 13.2 Å². The summed E-state index contributed by atoms with van der Waals surface area (Å²) in [5.41, 5.74) is 7.63. The molecule has 6 heteroatoms. The topological polar surface area (TPSA) is 80.5 Å². The van der Waals surface area contributed by atoms with Crippen LogP contribution in [0.15, 0.2) is 53.4 Å². The monoisotopic (exact) mass is 360 g/mol. The van der Waals surface area contributed by atoms with Gasteiger partial charge in [0, 0.05) is 24.1 Å². The zero-order valence-corrected chi connectivity index (χ0v) is 15.4. The quantitative estimate of drug-likeness (QED) is 0.762. The van der Waals surface area contributed by atoms with Crippen LogP contribution in [-0.2, 0) is 9.84 Å². The van der Waals surface area contributed by atoms with E-state index >= 15 is 0 Å². The summed E-state index contributed by atoms with van der Waals surface area (Å²) in [4.78, 5) is 13.5. The van der Waals surface area contributed by atoms with Crippen LogP contribution in [0.5, 0.6) is 0 Å². The number of rotatable bonds is 7. The van der Waals surface area contributed by atoms with Gasteiger partial charge in [0.2, 0.25) is 0 Å². The Kier molecular flexibility index (Phi) is 6.20. The van der Waals surface area contributed by atoms with Crippen LogP contribution in [0, 0.1) is 0 Å². The van der Waals surface area contributed by atoms with Gasteiger partial charge in [-0.05, 0) is 30.2 Å². The number of nitrogens with zero attached hydrogens (tertiary/aromatic N) is 1. The molecule has 0 atom stereocenters. The van der Waals surface area contributed by atoms with Crippen LogP contribution in [-0.4, -0.2) is 27.2 Å². The molecule has 2 rings (SSSR count). The highest BCUT2D eigenvalue weighted by molar-refractivity contribution is 7.90. The van der Waals surface area contributed by atoms with Crippen LogP contribution in [0.1, 0.15) is 26.2 Å². The van der Waals surface area contributed by atoms with Crippen molar-refractivity contribution in [3.8, 4) is 11.1 Å². The summed E-state index contributed by atoms with van der Waals surface area (Å²) in [6.07, 6.45) is 4.18. The molecule has 2 aromatic rings. The van der Waals surface area contributed by atoms with Gasteiger partial charge in [-0.3, -0.25) is 4.90 Å². The molecule has 2 N–H and O–H groups in total. The first kappa shape index (κ1) is 19.0. The fourth-order valence-corrected chi connectivity index (χ4v) is 3.65. The summed E-state index contributed by atoms with van der Waals surface area (Å²) in [5, 5.41) is 0. The molecular formula is C19H24N2O3S. The minimum absolute atomic E-state index is 0.289. The minimum atomic E-state index is -3.32. The molecule has 2 aromatic carbocycles. The normalized spacial score (nSPS) is 11.3. The Hall–Kier alpha value is -2.34. The number of amides is 2. The number of primary amides is 1. The number of carbonyl (C=O) groups excluding carboxylic acids is 1. The smallest absolute Gasteiger partial charge is 0.319 e. The maximum absolute atomic E-state index is 12.0. The van der Waals surface area contributed by atoms with E-state index in [0.29, 0.717) is 17.8 Å². The molecule has 0 bridgehead atoms. The molecule has 0 aliphatic rings. The van der Waals surface area contributed by atoms with E-state index in [-0.39, 0.29) is 4.90 Å². The molecule has 0 saturated carbocycles. The van der Waals surface area contributed by atoms with E-state index in [2.05, 4.69) is 6.92 Å². The van der Waals surface area contributed by atoms with Gasteiger partial charge in [-0.25, -0.2) is 13.2 Å². The Morgan fingerprint density at radius 1 is 1.04 bits per heavy atom. The van der Waals surface area contributed by atoms with Gasteiger partial charge in [-0.2, -0.15) is 0 Å². The Bertz CT molecular complexity index is 830. The molecule has 2 amide bonds. The van der Waals surface area contributed by atoms with Crippen LogP contribution in [0.4, 0.5) is 10.5 Å². The lowest BCUT2D eigenvalue weighted by molar-refractivity contribution is 0.253. The van der Waals surface area contributed by atoms with Gasteiger partial charge in [-0.15, -0.1) is 0 Å². The number of nitrogens with two attached hydrogens (primary N) is 1. The summed E-state index contributed by atoms with van der Waals surface area (Å²) in [6.45, 7) is 2.67. The number of hydrogen-bond acceptors (Lipinski definition) is 3. The second-order valence-corrected chi connectivity index (χ2v) is 8.00. The van der Waals surface area contributed by atoms with Crippen molar-refractivity contribution in [2.45, 2.75) is 31.1 Å². The van der Waals surface area contributed by atoms with E-state index in [0.717, 1.165) is 24.8 Å². The molecule has 0 heterocycles. The van der Waals surface area contributed by atoms with Gasteiger partial charge in [-0.1, -0.05) is 50.1 Å². The second-order valence-electron chi connectivity index (χ2n) is 6.01. The minimum Gasteiger partial charge on any atom is -0.351 e. The Balaban J connectivity index is 2.32. The Labute approximate surface area is 149 Å². The lowest BCUT2D eigenvalue weighted by Gasteiger charge is -2.21. The summed E-state index contributed by atoms with van der Waals surface area (Å²) < 4.78 is 23.9. The molecular weight excluding hydrogens is 336 g/mol. The van der Waals surface area contributed by atoms with E-state index in [1.54, 1.807) is 41.3 Å². The van der Waals surface area contributed by atoms with Gasteiger partial charge < -0.3 is 5.73 Å². The Morgan fingerprint density at radius 3 is 2.24 bits per heavy atom. The number of urea groups is 1. The third-order valence-corrected chi connectivity index (χ3v) is 5.18. The molecule has 134 valence electrons. The summed E-state index contributed by atoms with van der Waals surface area (Å²) in [7, 11) is -3.32. The van der Waals surface area contributed by atoms with Crippen LogP contribution in [0.25, 0.3) is 11.1 Å². The van der Waals surface area contributed by atoms with Crippen molar-refractivity contribution in [3.05, 3.63) is 48.5 Å². The first-order valence-electron chi connectivity index (χ1n) is 8.31. The van der Waals surface area contributed by atoms with E-state index < -0.39 is 15.9 Å². The summed E-state index contributed by atoms with van der Waals surface area (Å²) in [6, 6.07) is 13.6. The predicted octanol–water partition coefficient (Wildman–Crippen LogP) is 3.83. The molecule has 0 spiro atoms. The van der Waals surface area contributed by atoms with Crippen LogP contribution >= 0.6 is 0 Å². The number of benzene rings is 2. The number of unbranched alkanes of at least 4 members (excludes halogenated alkanes) is 2. The second kappa shape index (κ2) is 8.16. The van der Waals surface area contributed by atoms with Crippen molar-refractivity contribution >= 4 is 21.6 Å². The van der Waals surface area contributed by atoms with E-state index in [1.807, 2.05) is 12.1 Å². The molecule has 0 aromatic heterocycles. The molecule has 0 saturated heterocycles. The molecule has 0 fully saturated rings. The summed E-state index contributed by atoms with van der Waals surface area (Å²) >= 11 is 0. The molecule has 0 aliphatic carbocycles. The fraction of sp³-hybridized carbons (Fsp3) is 0.316. The number of hydrogen-bond donors (Lipinski definition) is 1. The van der Waals surface area contributed by atoms with Crippen molar-refractivity contribution in [2.75, 3.05) is 17.7 Å². The van der Waals surface area contributed by atoms with E-state index in [1.165, 1.54) is 6.26 Å². The first-order valence-corrected chi connectivity index (χ1v) is 10.2. The molecule has 5 nitrogen and oxygen atoms in total. The molecule has 25 heavy (non-hydrogen) atoms. The van der Waals surface area contributed by atoms with Crippen molar-refractivity contribution in [1.82, 2.24) is 0 Å². The standard InChI is InChI=1S/C19H24N2O3S/c1-3-4-7-14-21(19(20)22)16-12-10-15(11-13-16)17-8-5-6-9-18(17)25(2,23)24/h5-6,8-13H,3-4,7,14H2,1-2H3,(H2,20,22). The van der Waals surface area contributed by atoms with E-state index in [4.69, 9.17) is 5.73 Å². The highest BCUT2D eigenvalue weighted by atomic mass is 32.2. The van der Waals surface area contributed by atoms with Crippen LogP contribution < -0.4 is 10.6 Å². The van der Waals surface area contributed by atoms with Gasteiger partial charge >= 0.3 is 6.03 Å². The number of anilines is 1. The lowest BCUT2D eigenvalue weighted by atomic mass is 10.1. The molecule has 0 aliphatic heterocycles. The van der Waals surface area contributed by atoms with Gasteiger partial charge in [0.1, 0.15) is 0 Å².